The molecule has 0 fully saturated rings. The summed E-state index contributed by atoms with van der Waals surface area (Å²) in [5.74, 6) is 0. The third-order valence-electron chi connectivity index (χ3n) is 2.43. The Morgan fingerprint density at radius 1 is 1.38 bits per heavy atom. The summed E-state index contributed by atoms with van der Waals surface area (Å²) in [6.45, 7) is 5.21. The molecule has 16 heavy (non-hydrogen) atoms. The first-order chi connectivity index (χ1) is 7.75. The Hall–Kier alpha value is -1.61. The zero-order valence-corrected chi connectivity index (χ0v) is 9.72. The quantitative estimate of drug-likeness (QED) is 0.848. The van der Waals surface area contributed by atoms with Gasteiger partial charge in [0.15, 0.2) is 0 Å². The lowest BCUT2D eigenvalue weighted by molar-refractivity contribution is 0.588. The molecular weight excluding hydrogens is 198 g/mol. The highest BCUT2D eigenvalue weighted by molar-refractivity contribution is 5.35. The first-order valence-electron chi connectivity index (χ1n) is 5.56. The van der Waals surface area contributed by atoms with Crippen LogP contribution < -0.4 is 5.32 Å². The van der Waals surface area contributed by atoms with Crippen LogP contribution in [0.5, 0.6) is 0 Å². The van der Waals surface area contributed by atoms with Gasteiger partial charge in [-0.2, -0.15) is 0 Å². The summed E-state index contributed by atoms with van der Waals surface area (Å²) in [7, 11) is 0. The summed E-state index contributed by atoms with van der Waals surface area (Å²) >= 11 is 0. The molecule has 1 N–H and O–H groups in total. The number of nitrogens with zero attached hydrogens (tertiary/aromatic N) is 2. The SMILES string of the molecule is CC(C)NCc1cccc(-n2ccnc2)c1. The number of nitrogens with one attached hydrogen (secondary N) is 1. The maximum atomic E-state index is 4.05. The van der Waals surface area contributed by atoms with Gasteiger partial charge in [-0.3, -0.25) is 0 Å². The third-order valence-corrected chi connectivity index (χ3v) is 2.43. The van der Waals surface area contributed by atoms with Crippen molar-refractivity contribution in [1.82, 2.24) is 14.9 Å². The smallest absolute Gasteiger partial charge is 0.0991 e. The van der Waals surface area contributed by atoms with Crippen LogP contribution in [-0.4, -0.2) is 15.6 Å². The van der Waals surface area contributed by atoms with E-state index in [1.54, 1.807) is 6.20 Å². The molecule has 84 valence electrons. The van der Waals surface area contributed by atoms with Gasteiger partial charge in [0, 0.05) is 30.7 Å². The van der Waals surface area contributed by atoms with Crippen LogP contribution in [0, 0.1) is 0 Å². The molecule has 0 aliphatic rings. The molecule has 0 aliphatic heterocycles. The molecule has 3 heteroatoms. The van der Waals surface area contributed by atoms with Crippen molar-refractivity contribution >= 4 is 0 Å². The minimum atomic E-state index is 0.511. The molecule has 0 atom stereocenters. The summed E-state index contributed by atoms with van der Waals surface area (Å²) in [6.07, 6.45) is 5.56. The van der Waals surface area contributed by atoms with Gasteiger partial charge in [0.05, 0.1) is 6.33 Å². The van der Waals surface area contributed by atoms with E-state index in [2.05, 4.69) is 48.4 Å². The van der Waals surface area contributed by atoms with Crippen LogP contribution in [0.4, 0.5) is 0 Å². The molecule has 1 heterocycles. The summed E-state index contributed by atoms with van der Waals surface area (Å²) in [5, 5.41) is 3.41. The molecule has 0 bridgehead atoms. The monoisotopic (exact) mass is 215 g/mol. The number of imidazole rings is 1. The Morgan fingerprint density at radius 2 is 2.25 bits per heavy atom. The molecule has 2 rings (SSSR count). The second-order valence-electron chi connectivity index (χ2n) is 4.18. The Kier molecular flexibility index (Phi) is 3.37. The van der Waals surface area contributed by atoms with Crippen LogP contribution in [0.2, 0.25) is 0 Å². The fourth-order valence-corrected chi connectivity index (χ4v) is 1.56. The number of aromatic nitrogens is 2. The lowest BCUT2D eigenvalue weighted by Crippen LogP contribution is -2.21. The molecule has 0 amide bonds. The molecule has 1 aromatic carbocycles. The average Bonchev–Trinajstić information content (AvgIpc) is 2.80. The Balaban J connectivity index is 2.14. The van der Waals surface area contributed by atoms with E-state index in [0.29, 0.717) is 6.04 Å². The Bertz CT molecular complexity index is 432. The van der Waals surface area contributed by atoms with Gasteiger partial charge in [-0.1, -0.05) is 26.0 Å². The van der Waals surface area contributed by atoms with Crippen LogP contribution in [-0.2, 0) is 6.54 Å². The highest BCUT2D eigenvalue weighted by atomic mass is 15.0. The molecule has 0 spiro atoms. The van der Waals surface area contributed by atoms with Crippen molar-refractivity contribution in [2.24, 2.45) is 0 Å². The second kappa shape index (κ2) is 4.94. The third kappa shape index (κ3) is 2.70. The predicted octanol–water partition coefficient (Wildman–Crippen LogP) is 2.37. The summed E-state index contributed by atoms with van der Waals surface area (Å²) in [6, 6.07) is 8.98. The number of hydrogen-bond donors (Lipinski definition) is 1. The van der Waals surface area contributed by atoms with Crippen molar-refractivity contribution in [3.05, 3.63) is 48.5 Å². The van der Waals surface area contributed by atoms with E-state index in [4.69, 9.17) is 0 Å². The van der Waals surface area contributed by atoms with E-state index in [1.807, 2.05) is 17.1 Å². The van der Waals surface area contributed by atoms with Crippen LogP contribution in [0.25, 0.3) is 5.69 Å². The largest absolute Gasteiger partial charge is 0.310 e. The fraction of sp³-hybridized carbons (Fsp3) is 0.308. The molecule has 0 saturated carbocycles. The van der Waals surface area contributed by atoms with Crippen LogP contribution in [0.1, 0.15) is 19.4 Å². The van der Waals surface area contributed by atoms with Gasteiger partial charge < -0.3 is 9.88 Å². The van der Waals surface area contributed by atoms with E-state index in [0.717, 1.165) is 12.2 Å². The number of rotatable bonds is 4. The van der Waals surface area contributed by atoms with Crippen molar-refractivity contribution in [1.29, 1.82) is 0 Å². The summed E-state index contributed by atoms with van der Waals surface area (Å²) in [5.41, 5.74) is 2.44. The van der Waals surface area contributed by atoms with Crippen molar-refractivity contribution in [2.45, 2.75) is 26.4 Å². The van der Waals surface area contributed by atoms with Gasteiger partial charge in [0.2, 0.25) is 0 Å². The molecule has 3 nitrogen and oxygen atoms in total. The molecule has 1 aromatic heterocycles. The van der Waals surface area contributed by atoms with Crippen molar-refractivity contribution < 1.29 is 0 Å². The van der Waals surface area contributed by atoms with E-state index >= 15 is 0 Å². The average molecular weight is 215 g/mol. The molecule has 0 radical (unpaired) electrons. The Labute approximate surface area is 96.1 Å². The lowest BCUT2D eigenvalue weighted by atomic mass is 10.2. The molecular formula is C13H17N3. The summed E-state index contributed by atoms with van der Waals surface area (Å²) < 4.78 is 2.01. The van der Waals surface area contributed by atoms with Gasteiger partial charge in [0.1, 0.15) is 0 Å². The van der Waals surface area contributed by atoms with Gasteiger partial charge in [-0.15, -0.1) is 0 Å². The number of benzene rings is 1. The maximum absolute atomic E-state index is 4.05. The Morgan fingerprint density at radius 3 is 2.94 bits per heavy atom. The fourth-order valence-electron chi connectivity index (χ4n) is 1.56. The molecule has 0 unspecified atom stereocenters. The van der Waals surface area contributed by atoms with Crippen LogP contribution in [0.3, 0.4) is 0 Å². The highest BCUT2D eigenvalue weighted by Gasteiger charge is 1.98. The first kappa shape index (κ1) is 10.9. The second-order valence-corrected chi connectivity index (χ2v) is 4.18. The lowest BCUT2D eigenvalue weighted by Gasteiger charge is -2.09. The maximum Gasteiger partial charge on any atom is 0.0991 e. The van der Waals surface area contributed by atoms with Gasteiger partial charge in [-0.05, 0) is 17.7 Å². The van der Waals surface area contributed by atoms with E-state index in [-0.39, 0.29) is 0 Å². The summed E-state index contributed by atoms with van der Waals surface area (Å²) in [4.78, 5) is 4.05. The van der Waals surface area contributed by atoms with Crippen LogP contribution >= 0.6 is 0 Å². The zero-order valence-electron chi connectivity index (χ0n) is 9.72. The first-order valence-corrected chi connectivity index (χ1v) is 5.56. The standard InChI is InChI=1S/C13H17N3/c1-11(2)15-9-12-4-3-5-13(8-12)16-7-6-14-10-16/h3-8,10-11,15H,9H2,1-2H3. The molecule has 0 saturated heterocycles. The zero-order chi connectivity index (χ0) is 11.4. The van der Waals surface area contributed by atoms with E-state index in [1.165, 1.54) is 5.56 Å². The van der Waals surface area contributed by atoms with Gasteiger partial charge in [0.25, 0.3) is 0 Å². The molecule has 2 aromatic rings. The highest BCUT2D eigenvalue weighted by Crippen LogP contribution is 2.10. The predicted molar refractivity (Wildman–Crippen MR) is 65.5 cm³/mol. The van der Waals surface area contributed by atoms with Crippen molar-refractivity contribution in [3.8, 4) is 5.69 Å². The van der Waals surface area contributed by atoms with E-state index < -0.39 is 0 Å². The van der Waals surface area contributed by atoms with E-state index in [9.17, 15) is 0 Å². The van der Waals surface area contributed by atoms with Crippen molar-refractivity contribution in [2.75, 3.05) is 0 Å². The topological polar surface area (TPSA) is 29.9 Å². The minimum absolute atomic E-state index is 0.511. The van der Waals surface area contributed by atoms with Gasteiger partial charge in [-0.25, -0.2) is 4.98 Å². The van der Waals surface area contributed by atoms with Crippen LogP contribution in [0.15, 0.2) is 43.0 Å². The van der Waals surface area contributed by atoms with Gasteiger partial charge >= 0.3 is 0 Å². The molecule has 0 aliphatic carbocycles. The van der Waals surface area contributed by atoms with Crippen molar-refractivity contribution in [3.63, 3.8) is 0 Å². The minimum Gasteiger partial charge on any atom is -0.310 e. The normalized spacial score (nSPS) is 10.9. The number of hydrogen-bond acceptors (Lipinski definition) is 2.